The Kier molecular flexibility index (Phi) is 5.01. The average Bonchev–Trinajstić information content (AvgIpc) is 3.37. The number of likely N-dealkylation sites (tertiary alicyclic amines) is 1. The van der Waals surface area contributed by atoms with Crippen molar-refractivity contribution >= 4 is 33.0 Å². The zero-order valence-electron chi connectivity index (χ0n) is 15.8. The van der Waals surface area contributed by atoms with Gasteiger partial charge in [-0.2, -0.15) is 5.10 Å². The highest BCUT2D eigenvalue weighted by atomic mass is 32.1. The molecule has 27 heavy (non-hydrogen) atoms. The Bertz CT molecular complexity index is 1030. The molecule has 1 saturated heterocycles. The topological polar surface area (TPSA) is 71.6 Å². The van der Waals surface area contributed by atoms with Gasteiger partial charge in [-0.3, -0.25) is 18.9 Å². The van der Waals surface area contributed by atoms with E-state index in [0.717, 1.165) is 35.6 Å². The lowest BCUT2D eigenvalue weighted by Gasteiger charge is -2.22. The van der Waals surface area contributed by atoms with Gasteiger partial charge in [0.2, 0.25) is 5.91 Å². The molecule has 1 N–H and O–H groups in total. The van der Waals surface area contributed by atoms with E-state index in [1.54, 1.807) is 11.3 Å². The first-order valence-corrected chi connectivity index (χ1v) is 10.5. The third kappa shape index (κ3) is 3.27. The van der Waals surface area contributed by atoms with Crippen molar-refractivity contribution in [2.75, 3.05) is 19.6 Å². The second-order valence-corrected chi connectivity index (χ2v) is 7.94. The van der Waals surface area contributed by atoms with E-state index in [0.29, 0.717) is 24.5 Å². The molecule has 8 heteroatoms. The lowest BCUT2D eigenvalue weighted by molar-refractivity contribution is -0.122. The van der Waals surface area contributed by atoms with E-state index >= 15 is 0 Å². The molecular weight excluding hydrogens is 362 g/mol. The van der Waals surface area contributed by atoms with Crippen molar-refractivity contribution in [3.8, 4) is 0 Å². The zero-order chi connectivity index (χ0) is 19.0. The molecule has 7 nitrogen and oxygen atoms in total. The van der Waals surface area contributed by atoms with E-state index in [4.69, 9.17) is 0 Å². The van der Waals surface area contributed by atoms with Crippen LogP contribution in [0.15, 0.2) is 22.3 Å². The number of fused-ring (bicyclic) bond motifs is 3. The molecule has 1 fully saturated rings. The number of hydrogen-bond acceptors (Lipinski definition) is 5. The maximum absolute atomic E-state index is 12.9. The monoisotopic (exact) mass is 387 g/mol. The fourth-order valence-corrected chi connectivity index (χ4v) is 4.83. The molecule has 144 valence electrons. The number of aryl methyl sites for hydroxylation is 1. The normalized spacial score (nSPS) is 17.9. The SMILES string of the molecule is CCc1nn(CC(=O)NC[C@H]2CCCN2CC)c(=O)c2cc3sccc3n12. The van der Waals surface area contributed by atoms with Crippen LogP contribution in [-0.4, -0.2) is 50.7 Å². The smallest absolute Gasteiger partial charge is 0.291 e. The van der Waals surface area contributed by atoms with Crippen molar-refractivity contribution in [2.24, 2.45) is 0 Å². The Hall–Kier alpha value is -2.19. The largest absolute Gasteiger partial charge is 0.353 e. The number of hydrogen-bond donors (Lipinski definition) is 1. The highest BCUT2D eigenvalue weighted by Crippen LogP contribution is 2.24. The van der Waals surface area contributed by atoms with Crippen LogP contribution in [0.2, 0.25) is 0 Å². The molecule has 3 aromatic rings. The van der Waals surface area contributed by atoms with Crippen LogP contribution in [0.25, 0.3) is 15.7 Å². The third-order valence-electron chi connectivity index (χ3n) is 5.42. The summed E-state index contributed by atoms with van der Waals surface area (Å²) < 4.78 is 4.28. The van der Waals surface area contributed by atoms with Crippen LogP contribution < -0.4 is 10.9 Å². The number of amides is 1. The third-order valence-corrected chi connectivity index (χ3v) is 6.27. The van der Waals surface area contributed by atoms with Gasteiger partial charge in [-0.1, -0.05) is 13.8 Å². The van der Waals surface area contributed by atoms with Crippen molar-refractivity contribution in [3.05, 3.63) is 33.7 Å². The van der Waals surface area contributed by atoms with Crippen molar-refractivity contribution in [2.45, 2.75) is 45.7 Å². The highest BCUT2D eigenvalue weighted by molar-refractivity contribution is 7.17. The summed E-state index contributed by atoms with van der Waals surface area (Å²) >= 11 is 1.60. The summed E-state index contributed by atoms with van der Waals surface area (Å²) in [5, 5.41) is 9.47. The molecule has 1 amide bonds. The predicted molar refractivity (Wildman–Crippen MR) is 107 cm³/mol. The summed E-state index contributed by atoms with van der Waals surface area (Å²) in [5.74, 6) is 0.631. The zero-order valence-corrected chi connectivity index (χ0v) is 16.6. The first-order valence-electron chi connectivity index (χ1n) is 9.61. The Labute approximate surface area is 161 Å². The van der Waals surface area contributed by atoms with E-state index in [9.17, 15) is 9.59 Å². The molecule has 0 unspecified atom stereocenters. The molecule has 0 bridgehead atoms. The van der Waals surface area contributed by atoms with Gasteiger partial charge in [0.05, 0.1) is 10.2 Å². The van der Waals surface area contributed by atoms with Crippen molar-refractivity contribution in [3.63, 3.8) is 0 Å². The minimum atomic E-state index is -0.221. The lowest BCUT2D eigenvalue weighted by atomic mass is 10.2. The number of nitrogens with zero attached hydrogens (tertiary/aromatic N) is 4. The maximum Gasteiger partial charge on any atom is 0.291 e. The van der Waals surface area contributed by atoms with Gasteiger partial charge in [-0.05, 0) is 43.4 Å². The maximum atomic E-state index is 12.9. The number of thiophene rings is 1. The van der Waals surface area contributed by atoms with Crippen molar-refractivity contribution in [1.82, 2.24) is 24.4 Å². The minimum Gasteiger partial charge on any atom is -0.353 e. The Balaban J connectivity index is 1.55. The number of aromatic nitrogens is 3. The molecule has 4 rings (SSSR count). The van der Waals surface area contributed by atoms with Gasteiger partial charge in [0.1, 0.15) is 17.9 Å². The van der Waals surface area contributed by atoms with Crippen LogP contribution in [0.5, 0.6) is 0 Å². The second-order valence-electron chi connectivity index (χ2n) is 7.00. The van der Waals surface area contributed by atoms with Gasteiger partial charge in [0, 0.05) is 19.0 Å². The summed E-state index contributed by atoms with van der Waals surface area (Å²) in [6.07, 6.45) is 2.97. The first kappa shape index (κ1) is 18.2. The van der Waals surface area contributed by atoms with E-state index in [2.05, 4.69) is 22.2 Å². The standard InChI is InChI=1S/C19H25N5O2S/c1-3-17-21-23(12-18(25)20-11-13-6-5-8-22(13)4-2)19(26)15-10-16-14(24(15)17)7-9-27-16/h7,9-10,13H,3-6,8,11-12H2,1-2H3,(H,20,25)/t13-/m1/s1. The molecule has 4 heterocycles. The van der Waals surface area contributed by atoms with Crippen LogP contribution in [-0.2, 0) is 17.8 Å². The highest BCUT2D eigenvalue weighted by Gasteiger charge is 2.23. The summed E-state index contributed by atoms with van der Waals surface area (Å²) in [7, 11) is 0. The van der Waals surface area contributed by atoms with Gasteiger partial charge in [-0.15, -0.1) is 11.3 Å². The second kappa shape index (κ2) is 7.44. The molecular formula is C19H25N5O2S. The van der Waals surface area contributed by atoms with Crippen LogP contribution >= 0.6 is 11.3 Å². The fraction of sp³-hybridized carbons (Fsp3) is 0.526. The van der Waals surface area contributed by atoms with Gasteiger partial charge in [0.15, 0.2) is 0 Å². The van der Waals surface area contributed by atoms with E-state index in [1.807, 2.05) is 28.8 Å². The summed E-state index contributed by atoms with van der Waals surface area (Å²) in [6, 6.07) is 4.30. The molecule has 3 aromatic heterocycles. The van der Waals surface area contributed by atoms with Crippen LogP contribution in [0.3, 0.4) is 0 Å². The minimum absolute atomic E-state index is 0.0417. The summed E-state index contributed by atoms with van der Waals surface area (Å²) in [6.45, 7) is 6.84. The Morgan fingerprint density at radius 3 is 3.00 bits per heavy atom. The number of carbonyl (C=O) groups excluding carboxylic acids is 1. The lowest BCUT2D eigenvalue weighted by Crippen LogP contribution is -2.42. The van der Waals surface area contributed by atoms with Crippen LogP contribution in [0.4, 0.5) is 0 Å². The molecule has 0 radical (unpaired) electrons. The van der Waals surface area contributed by atoms with Gasteiger partial charge in [-0.25, -0.2) is 4.68 Å². The first-order chi connectivity index (χ1) is 13.1. The van der Waals surface area contributed by atoms with E-state index in [-0.39, 0.29) is 18.0 Å². The Morgan fingerprint density at radius 2 is 2.22 bits per heavy atom. The molecule has 0 spiro atoms. The number of likely N-dealkylation sites (N-methyl/N-ethyl adjacent to an activating group) is 1. The molecule has 0 aliphatic carbocycles. The summed E-state index contributed by atoms with van der Waals surface area (Å²) in [4.78, 5) is 27.7. The molecule has 0 aromatic carbocycles. The van der Waals surface area contributed by atoms with E-state index in [1.165, 1.54) is 11.1 Å². The molecule has 1 aliphatic heterocycles. The summed E-state index contributed by atoms with van der Waals surface area (Å²) in [5.41, 5.74) is 1.38. The molecule has 1 aliphatic rings. The van der Waals surface area contributed by atoms with Crippen molar-refractivity contribution < 1.29 is 4.79 Å². The average molecular weight is 388 g/mol. The van der Waals surface area contributed by atoms with Gasteiger partial charge < -0.3 is 5.32 Å². The quantitative estimate of drug-likeness (QED) is 0.701. The van der Waals surface area contributed by atoms with Crippen molar-refractivity contribution in [1.29, 1.82) is 0 Å². The fourth-order valence-electron chi connectivity index (χ4n) is 4.02. The molecule has 0 saturated carbocycles. The van der Waals surface area contributed by atoms with Crippen LogP contribution in [0.1, 0.15) is 32.5 Å². The number of nitrogens with one attached hydrogen (secondary N) is 1. The predicted octanol–water partition coefficient (Wildman–Crippen LogP) is 1.87. The Morgan fingerprint density at radius 1 is 1.37 bits per heavy atom. The number of rotatable bonds is 6. The van der Waals surface area contributed by atoms with Gasteiger partial charge >= 0.3 is 0 Å². The van der Waals surface area contributed by atoms with E-state index < -0.39 is 0 Å². The molecule has 1 atom stereocenters. The number of carbonyl (C=O) groups is 1. The van der Waals surface area contributed by atoms with Gasteiger partial charge in [0.25, 0.3) is 5.56 Å². The van der Waals surface area contributed by atoms with Crippen LogP contribution in [0, 0.1) is 0 Å².